The van der Waals surface area contributed by atoms with Gasteiger partial charge in [-0.15, -0.1) is 11.6 Å². The highest BCUT2D eigenvalue weighted by Gasteiger charge is 2.42. The summed E-state index contributed by atoms with van der Waals surface area (Å²) in [4.78, 5) is 44.7. The smallest absolute Gasteiger partial charge is 0.311 e. The molecule has 6 rings (SSSR count). The average molecular weight is 648 g/mol. The highest BCUT2D eigenvalue weighted by molar-refractivity contribution is 6.27. The topological polar surface area (TPSA) is 116 Å². The highest BCUT2D eigenvalue weighted by atomic mass is 35.5. The summed E-state index contributed by atoms with van der Waals surface area (Å²) in [5.74, 6) is -1.30. The SMILES string of the molecule is CCOC(=O)C1CN([C@@H]2CCc3cc(C4C=CC(F)=C(c5cccc(NC(=O)c6ccnn(C)c6=O)c5C)C4Cl)nc(OC)c32)C1. The molecule has 1 N–H and O–H groups in total. The maximum absolute atomic E-state index is 15.6. The molecule has 2 aromatic heterocycles. The van der Waals surface area contributed by atoms with Crippen molar-refractivity contribution in [3.8, 4) is 5.88 Å². The lowest BCUT2D eigenvalue weighted by Crippen LogP contribution is -2.51. The lowest BCUT2D eigenvalue weighted by Gasteiger charge is -2.42. The second-order valence-corrected chi connectivity index (χ2v) is 12.2. The third kappa shape index (κ3) is 5.62. The molecule has 2 aliphatic carbocycles. The first-order chi connectivity index (χ1) is 22.1. The van der Waals surface area contributed by atoms with E-state index in [1.165, 1.54) is 25.4 Å². The molecule has 46 heavy (non-hydrogen) atoms. The number of fused-ring (bicyclic) bond motifs is 1. The zero-order chi connectivity index (χ0) is 32.7. The molecule has 1 saturated heterocycles. The van der Waals surface area contributed by atoms with E-state index in [-0.39, 0.29) is 29.1 Å². The summed E-state index contributed by atoms with van der Waals surface area (Å²) in [7, 11) is 3.05. The summed E-state index contributed by atoms with van der Waals surface area (Å²) >= 11 is 7.08. The number of allylic oxidation sites excluding steroid dienone is 4. The third-order valence-electron chi connectivity index (χ3n) is 9.08. The molecule has 0 bridgehead atoms. The number of methoxy groups -OCH3 is 1. The van der Waals surface area contributed by atoms with Crippen LogP contribution in [0.3, 0.4) is 0 Å². The van der Waals surface area contributed by atoms with Crippen molar-refractivity contribution in [2.45, 2.75) is 44.0 Å². The maximum atomic E-state index is 15.6. The summed E-state index contributed by atoms with van der Waals surface area (Å²) in [5, 5.41) is 5.83. The van der Waals surface area contributed by atoms with Gasteiger partial charge < -0.3 is 14.8 Å². The maximum Gasteiger partial charge on any atom is 0.311 e. The van der Waals surface area contributed by atoms with Gasteiger partial charge in [0.2, 0.25) is 5.88 Å². The van der Waals surface area contributed by atoms with Crippen LogP contribution >= 0.6 is 11.6 Å². The van der Waals surface area contributed by atoms with Crippen LogP contribution in [-0.4, -0.2) is 63.7 Å². The Balaban J connectivity index is 1.25. The Morgan fingerprint density at radius 2 is 2.00 bits per heavy atom. The van der Waals surface area contributed by atoms with Gasteiger partial charge in [-0.05, 0) is 67.7 Å². The predicted octanol–water partition coefficient (Wildman–Crippen LogP) is 4.87. The Bertz CT molecular complexity index is 1830. The first kappa shape index (κ1) is 31.6. The van der Waals surface area contributed by atoms with Gasteiger partial charge in [-0.1, -0.05) is 18.2 Å². The van der Waals surface area contributed by atoms with E-state index in [4.69, 9.17) is 26.1 Å². The number of anilines is 1. The molecular weight excluding hydrogens is 613 g/mol. The lowest BCUT2D eigenvalue weighted by molar-refractivity contribution is -0.155. The number of alkyl halides is 1. The monoisotopic (exact) mass is 647 g/mol. The molecule has 0 spiro atoms. The van der Waals surface area contributed by atoms with Crippen molar-refractivity contribution in [3.63, 3.8) is 0 Å². The van der Waals surface area contributed by atoms with E-state index >= 15 is 4.39 Å². The van der Waals surface area contributed by atoms with E-state index in [1.54, 1.807) is 38.3 Å². The van der Waals surface area contributed by atoms with Crippen molar-refractivity contribution < 1.29 is 23.5 Å². The zero-order valence-electron chi connectivity index (χ0n) is 26.0. The first-order valence-corrected chi connectivity index (χ1v) is 15.7. The molecule has 0 radical (unpaired) electrons. The minimum absolute atomic E-state index is 0.0598. The number of esters is 1. The fraction of sp³-hybridized carbons (Fsp3) is 0.382. The van der Waals surface area contributed by atoms with Crippen molar-refractivity contribution in [2.75, 3.05) is 32.1 Å². The largest absolute Gasteiger partial charge is 0.481 e. The van der Waals surface area contributed by atoms with E-state index in [1.807, 2.05) is 13.0 Å². The Hall–Kier alpha value is -4.35. The van der Waals surface area contributed by atoms with Crippen LogP contribution in [0, 0.1) is 12.8 Å². The summed E-state index contributed by atoms with van der Waals surface area (Å²) < 4.78 is 27.6. The second kappa shape index (κ2) is 12.8. The van der Waals surface area contributed by atoms with E-state index < -0.39 is 28.6 Å². The number of nitrogens with one attached hydrogen (secondary N) is 1. The number of nitrogens with zero attached hydrogens (tertiary/aromatic N) is 4. The number of hydrogen-bond acceptors (Lipinski definition) is 8. The minimum Gasteiger partial charge on any atom is -0.481 e. The number of likely N-dealkylation sites (tertiary alicyclic amines) is 1. The molecule has 1 amide bonds. The van der Waals surface area contributed by atoms with Crippen molar-refractivity contribution in [2.24, 2.45) is 13.0 Å². The number of pyridine rings is 1. The number of ether oxygens (including phenoxy) is 2. The van der Waals surface area contributed by atoms with Crippen LogP contribution in [-0.2, 0) is 23.0 Å². The molecule has 3 aromatic rings. The summed E-state index contributed by atoms with van der Waals surface area (Å²) in [6.45, 7) is 5.22. The molecule has 2 unspecified atom stereocenters. The Kier molecular flexibility index (Phi) is 8.80. The molecule has 240 valence electrons. The van der Waals surface area contributed by atoms with Gasteiger partial charge >= 0.3 is 5.97 Å². The van der Waals surface area contributed by atoms with Gasteiger partial charge in [-0.3, -0.25) is 19.3 Å². The molecule has 3 heterocycles. The van der Waals surface area contributed by atoms with Gasteiger partial charge in [0.25, 0.3) is 11.5 Å². The Morgan fingerprint density at radius 1 is 1.22 bits per heavy atom. The van der Waals surface area contributed by atoms with E-state index in [2.05, 4.69) is 15.3 Å². The van der Waals surface area contributed by atoms with E-state index in [0.717, 1.165) is 28.7 Å². The van der Waals surface area contributed by atoms with Gasteiger partial charge in [-0.25, -0.2) is 14.1 Å². The predicted molar refractivity (Wildman–Crippen MR) is 172 cm³/mol. The van der Waals surface area contributed by atoms with Crippen LogP contribution in [0.5, 0.6) is 5.88 Å². The number of amides is 1. The fourth-order valence-corrected chi connectivity index (χ4v) is 7.05. The van der Waals surface area contributed by atoms with Crippen LogP contribution in [0.1, 0.15) is 63.6 Å². The van der Waals surface area contributed by atoms with Crippen molar-refractivity contribution in [1.29, 1.82) is 0 Å². The van der Waals surface area contributed by atoms with E-state index in [0.29, 0.717) is 48.1 Å². The average Bonchev–Trinajstić information content (AvgIpc) is 3.43. The number of carbonyl (C=O) groups excluding carboxylic acids is 2. The van der Waals surface area contributed by atoms with Crippen LogP contribution in [0.2, 0.25) is 0 Å². The third-order valence-corrected chi connectivity index (χ3v) is 9.56. The molecule has 10 nitrogen and oxygen atoms in total. The van der Waals surface area contributed by atoms with Crippen molar-refractivity contribution >= 4 is 34.7 Å². The van der Waals surface area contributed by atoms with Gasteiger partial charge in [0, 0.05) is 55.1 Å². The number of halogens is 2. The Labute approximate surface area is 270 Å². The quantitative estimate of drug-likeness (QED) is 0.272. The number of rotatable bonds is 8. The van der Waals surface area contributed by atoms with Crippen molar-refractivity contribution in [1.82, 2.24) is 19.7 Å². The number of benzene rings is 1. The molecule has 1 aromatic carbocycles. The zero-order valence-corrected chi connectivity index (χ0v) is 26.8. The standard InChI is InChI=1S/C34H35ClFN5O5/c1-5-46-34(44)20-16-41(17-20)27-12-9-19-15-26(39-32(45-4)28(19)27)22-10-11-24(36)29(30(22)35)21-7-6-8-25(18(21)2)38-31(42)23-13-14-37-40(3)33(23)43/h6-8,10-11,13-15,20,22,27,30H,5,9,12,16-17H2,1-4H3,(H,38,42)/t22?,27-,30?/m1/s1. The van der Waals surface area contributed by atoms with Crippen molar-refractivity contribution in [3.05, 3.63) is 98.4 Å². The number of carbonyl (C=O) groups is 2. The summed E-state index contributed by atoms with van der Waals surface area (Å²) in [6, 6.07) is 8.63. The Morgan fingerprint density at radius 3 is 2.74 bits per heavy atom. The molecule has 12 heteroatoms. The second-order valence-electron chi connectivity index (χ2n) is 11.7. The molecule has 3 atom stereocenters. The van der Waals surface area contributed by atoms with Gasteiger partial charge in [0.1, 0.15) is 11.4 Å². The molecule has 1 fully saturated rings. The van der Waals surface area contributed by atoms with E-state index in [9.17, 15) is 14.4 Å². The highest BCUT2D eigenvalue weighted by Crippen LogP contribution is 2.47. The van der Waals surface area contributed by atoms with Crippen LogP contribution in [0.15, 0.2) is 59.3 Å². The number of aryl methyl sites for hydroxylation is 2. The van der Waals surface area contributed by atoms with Crippen LogP contribution in [0.4, 0.5) is 10.1 Å². The normalized spacial score (nSPS) is 21.1. The molecule has 0 saturated carbocycles. The number of hydrogen-bond donors (Lipinski definition) is 1. The summed E-state index contributed by atoms with van der Waals surface area (Å²) in [5.41, 5.74) is 4.05. The number of aromatic nitrogens is 3. The molecule has 3 aliphatic rings. The van der Waals surface area contributed by atoms with Gasteiger partial charge in [0.15, 0.2) is 0 Å². The van der Waals surface area contributed by atoms with Gasteiger partial charge in [-0.2, -0.15) is 5.10 Å². The van der Waals surface area contributed by atoms with Gasteiger partial charge in [0.05, 0.1) is 30.7 Å². The van der Waals surface area contributed by atoms with Crippen LogP contribution in [0.25, 0.3) is 5.57 Å². The summed E-state index contributed by atoms with van der Waals surface area (Å²) in [6.07, 6.45) is 6.19. The fourth-order valence-electron chi connectivity index (χ4n) is 6.61. The lowest BCUT2D eigenvalue weighted by atomic mass is 9.84. The molecular formula is C34H35ClFN5O5. The van der Waals surface area contributed by atoms with Crippen LogP contribution < -0.4 is 15.6 Å². The molecule has 1 aliphatic heterocycles. The minimum atomic E-state index is -0.810. The first-order valence-electron chi connectivity index (χ1n) is 15.3.